The molecule has 0 aliphatic heterocycles. The first-order valence-electron chi connectivity index (χ1n) is 7.52. The van der Waals surface area contributed by atoms with Gasteiger partial charge >= 0.3 is 0 Å². The number of hydrogen-bond donors (Lipinski definition) is 2. The van der Waals surface area contributed by atoms with Crippen LogP contribution in [0.1, 0.15) is 25.1 Å². The Morgan fingerprint density at radius 2 is 1.96 bits per heavy atom. The minimum atomic E-state index is -0.194. The summed E-state index contributed by atoms with van der Waals surface area (Å²) >= 11 is 0. The number of carbonyl (C=O) groups is 1. The Bertz CT molecular complexity index is 623. The van der Waals surface area contributed by atoms with Crippen molar-refractivity contribution < 1.29 is 9.21 Å². The lowest BCUT2D eigenvalue weighted by molar-refractivity contribution is -0.124. The van der Waals surface area contributed by atoms with Crippen LogP contribution in [0.15, 0.2) is 34.9 Å². The summed E-state index contributed by atoms with van der Waals surface area (Å²) in [6.45, 7) is 6.22. The van der Waals surface area contributed by atoms with Crippen molar-refractivity contribution in [3.05, 3.63) is 41.8 Å². The average molecular weight is 338 g/mol. The zero-order chi connectivity index (χ0) is 16.1. The van der Waals surface area contributed by atoms with Crippen LogP contribution in [-0.2, 0) is 11.2 Å². The Labute approximate surface area is 143 Å². The van der Waals surface area contributed by atoms with E-state index in [4.69, 9.17) is 10.2 Å². The molecule has 0 bridgehead atoms. The van der Waals surface area contributed by atoms with Crippen molar-refractivity contribution >= 4 is 18.3 Å². The first kappa shape index (κ1) is 19.2. The maximum Gasteiger partial charge on any atom is 0.226 e. The van der Waals surface area contributed by atoms with E-state index in [1.54, 1.807) is 6.26 Å². The minimum absolute atomic E-state index is 0. The highest BCUT2D eigenvalue weighted by Gasteiger charge is 2.16. The predicted octanol–water partition coefficient (Wildman–Crippen LogP) is 2.71. The molecule has 1 aromatic carbocycles. The van der Waals surface area contributed by atoms with Crippen molar-refractivity contribution in [3.63, 3.8) is 0 Å². The Kier molecular flexibility index (Phi) is 7.26. The Morgan fingerprint density at radius 3 is 2.57 bits per heavy atom. The normalized spacial score (nSPS) is 13.0. The lowest BCUT2D eigenvalue weighted by Gasteiger charge is -2.14. The molecule has 126 valence electrons. The van der Waals surface area contributed by atoms with E-state index in [1.807, 2.05) is 45.0 Å². The fraction of sp³-hybridized carbons (Fsp3) is 0.412. The molecule has 1 aromatic heterocycles. The molecule has 1 heterocycles. The summed E-state index contributed by atoms with van der Waals surface area (Å²) in [7, 11) is 0. The van der Waals surface area contributed by atoms with E-state index in [9.17, 15) is 4.79 Å². The fourth-order valence-corrected chi connectivity index (χ4v) is 1.96. The van der Waals surface area contributed by atoms with Crippen LogP contribution in [0.4, 0.5) is 0 Å². The van der Waals surface area contributed by atoms with Crippen molar-refractivity contribution in [1.82, 2.24) is 10.3 Å². The van der Waals surface area contributed by atoms with Gasteiger partial charge in [0.2, 0.25) is 11.8 Å². The lowest BCUT2D eigenvalue weighted by Crippen LogP contribution is -2.39. The van der Waals surface area contributed by atoms with E-state index in [-0.39, 0.29) is 30.3 Å². The van der Waals surface area contributed by atoms with Crippen molar-refractivity contribution in [2.45, 2.75) is 33.2 Å². The lowest BCUT2D eigenvalue weighted by atomic mass is 10.0. The molecular weight excluding hydrogens is 314 g/mol. The molecule has 0 aliphatic rings. The third-order valence-electron chi connectivity index (χ3n) is 3.73. The van der Waals surface area contributed by atoms with Gasteiger partial charge in [-0.3, -0.25) is 4.79 Å². The Balaban J connectivity index is 0.00000264. The van der Waals surface area contributed by atoms with Gasteiger partial charge in [0.25, 0.3) is 0 Å². The molecule has 1 amide bonds. The molecule has 5 nitrogen and oxygen atoms in total. The Hall–Kier alpha value is -1.85. The maximum atomic E-state index is 11.8. The standard InChI is InChI=1S/C17H23N3O2.ClH/c1-11-4-6-14(7-5-11)17-20-15(10-22-17)8-9-19-16(21)12(2)13(3)18;/h4-7,10,12-13H,8-9,18H2,1-3H3,(H,19,21);1H. The van der Waals surface area contributed by atoms with Crippen LogP contribution in [0.25, 0.3) is 11.5 Å². The van der Waals surface area contributed by atoms with Crippen LogP contribution in [0, 0.1) is 12.8 Å². The summed E-state index contributed by atoms with van der Waals surface area (Å²) < 4.78 is 5.49. The molecule has 0 saturated heterocycles. The van der Waals surface area contributed by atoms with Crippen LogP contribution in [0.3, 0.4) is 0 Å². The molecule has 6 heteroatoms. The summed E-state index contributed by atoms with van der Waals surface area (Å²) in [6.07, 6.45) is 2.27. The quantitative estimate of drug-likeness (QED) is 0.849. The highest BCUT2D eigenvalue weighted by atomic mass is 35.5. The van der Waals surface area contributed by atoms with E-state index in [1.165, 1.54) is 5.56 Å². The van der Waals surface area contributed by atoms with Gasteiger partial charge in [-0.15, -0.1) is 12.4 Å². The maximum absolute atomic E-state index is 11.8. The monoisotopic (exact) mass is 337 g/mol. The molecule has 23 heavy (non-hydrogen) atoms. The second-order valence-electron chi connectivity index (χ2n) is 5.70. The SMILES string of the molecule is Cc1ccc(-c2nc(CCNC(=O)C(C)C(C)N)co2)cc1.Cl. The summed E-state index contributed by atoms with van der Waals surface area (Å²) in [5, 5.41) is 2.87. The molecule has 0 saturated carbocycles. The predicted molar refractivity (Wildman–Crippen MR) is 93.5 cm³/mol. The highest BCUT2D eigenvalue weighted by molar-refractivity contribution is 5.85. The third-order valence-corrected chi connectivity index (χ3v) is 3.73. The number of nitrogens with zero attached hydrogens (tertiary/aromatic N) is 1. The van der Waals surface area contributed by atoms with E-state index in [0.717, 1.165) is 11.3 Å². The highest BCUT2D eigenvalue weighted by Crippen LogP contribution is 2.19. The van der Waals surface area contributed by atoms with Crippen molar-refractivity contribution in [1.29, 1.82) is 0 Å². The van der Waals surface area contributed by atoms with Gasteiger partial charge in [0, 0.05) is 30.5 Å². The van der Waals surface area contributed by atoms with Crippen molar-refractivity contribution in [2.75, 3.05) is 6.54 Å². The molecule has 0 fully saturated rings. The van der Waals surface area contributed by atoms with Gasteiger partial charge in [0.05, 0.1) is 5.69 Å². The number of oxazole rings is 1. The molecule has 2 rings (SSSR count). The Morgan fingerprint density at radius 1 is 1.30 bits per heavy atom. The average Bonchev–Trinajstić information content (AvgIpc) is 2.95. The van der Waals surface area contributed by atoms with Crippen LogP contribution in [0.2, 0.25) is 0 Å². The first-order valence-corrected chi connectivity index (χ1v) is 7.52. The van der Waals surface area contributed by atoms with Gasteiger partial charge in [0.1, 0.15) is 6.26 Å². The molecule has 0 aliphatic carbocycles. The third kappa shape index (κ3) is 5.37. The number of aromatic nitrogens is 1. The van der Waals surface area contributed by atoms with E-state index in [2.05, 4.69) is 10.3 Å². The summed E-state index contributed by atoms with van der Waals surface area (Å²) in [5.41, 5.74) is 8.68. The van der Waals surface area contributed by atoms with Gasteiger partial charge in [-0.05, 0) is 26.0 Å². The minimum Gasteiger partial charge on any atom is -0.444 e. The molecule has 3 N–H and O–H groups in total. The molecule has 2 aromatic rings. The second kappa shape index (κ2) is 8.70. The van der Waals surface area contributed by atoms with Crippen LogP contribution in [0.5, 0.6) is 0 Å². The number of carbonyl (C=O) groups excluding carboxylic acids is 1. The molecule has 2 atom stereocenters. The van der Waals surface area contributed by atoms with Gasteiger partial charge in [-0.25, -0.2) is 4.98 Å². The number of nitrogens with one attached hydrogen (secondary N) is 1. The number of halogens is 1. The fourth-order valence-electron chi connectivity index (χ4n) is 1.96. The van der Waals surface area contributed by atoms with Gasteiger partial charge in [-0.2, -0.15) is 0 Å². The topological polar surface area (TPSA) is 81.2 Å². The second-order valence-corrected chi connectivity index (χ2v) is 5.70. The first-order chi connectivity index (χ1) is 10.5. The van der Waals surface area contributed by atoms with Crippen LogP contribution in [-0.4, -0.2) is 23.5 Å². The molecule has 0 spiro atoms. The number of amides is 1. The summed E-state index contributed by atoms with van der Waals surface area (Å²) in [5.74, 6) is 0.378. The van der Waals surface area contributed by atoms with Gasteiger partial charge < -0.3 is 15.5 Å². The van der Waals surface area contributed by atoms with Gasteiger partial charge in [-0.1, -0.05) is 24.6 Å². The van der Waals surface area contributed by atoms with Crippen LogP contribution < -0.4 is 11.1 Å². The van der Waals surface area contributed by atoms with Gasteiger partial charge in [0.15, 0.2) is 0 Å². The number of hydrogen-bond acceptors (Lipinski definition) is 4. The zero-order valence-corrected chi connectivity index (χ0v) is 14.5. The summed E-state index contributed by atoms with van der Waals surface area (Å²) in [4.78, 5) is 16.2. The molecular formula is C17H24ClN3O2. The molecule has 0 radical (unpaired) electrons. The number of benzene rings is 1. The van der Waals surface area contributed by atoms with Crippen LogP contribution >= 0.6 is 12.4 Å². The largest absolute Gasteiger partial charge is 0.444 e. The number of rotatable bonds is 6. The number of nitrogens with two attached hydrogens (primary N) is 1. The van der Waals surface area contributed by atoms with Crippen molar-refractivity contribution in [2.24, 2.45) is 11.7 Å². The molecule has 2 unspecified atom stereocenters. The smallest absolute Gasteiger partial charge is 0.226 e. The van der Waals surface area contributed by atoms with E-state index < -0.39 is 0 Å². The van der Waals surface area contributed by atoms with E-state index in [0.29, 0.717) is 18.9 Å². The number of aryl methyl sites for hydroxylation is 1. The van der Waals surface area contributed by atoms with E-state index >= 15 is 0 Å². The zero-order valence-electron chi connectivity index (χ0n) is 13.7. The summed E-state index contributed by atoms with van der Waals surface area (Å²) in [6, 6.07) is 7.86. The van der Waals surface area contributed by atoms with Crippen molar-refractivity contribution in [3.8, 4) is 11.5 Å².